The van der Waals surface area contributed by atoms with E-state index in [1.54, 1.807) is 12.3 Å². The van der Waals surface area contributed by atoms with Crippen molar-refractivity contribution in [2.24, 2.45) is 0 Å². The fourth-order valence-electron chi connectivity index (χ4n) is 2.01. The van der Waals surface area contributed by atoms with Crippen molar-refractivity contribution in [1.29, 1.82) is 0 Å². The second-order valence-corrected chi connectivity index (χ2v) is 4.27. The molecule has 0 spiro atoms. The summed E-state index contributed by atoms with van der Waals surface area (Å²) < 4.78 is 14.0. The van der Waals surface area contributed by atoms with Gasteiger partial charge in [0.05, 0.1) is 11.7 Å². The highest BCUT2D eigenvalue weighted by atomic mass is 19.1. The van der Waals surface area contributed by atoms with Gasteiger partial charge in [0.2, 0.25) is 0 Å². The standard InChI is InChI=1S/C15H17FN2/c1-3-17-15(14-6-4-5-9-18-14)12-10-11(2)7-8-13(12)16/h4-10,15,17H,3H2,1-2H3. The molecule has 1 aromatic carbocycles. The summed E-state index contributed by atoms with van der Waals surface area (Å²) in [6, 6.07) is 10.7. The van der Waals surface area contributed by atoms with Gasteiger partial charge in [-0.15, -0.1) is 0 Å². The SMILES string of the molecule is CCNC(c1ccccn1)c1cc(C)ccc1F. The first-order chi connectivity index (χ1) is 8.72. The lowest BCUT2D eigenvalue weighted by molar-refractivity contribution is 0.551. The van der Waals surface area contributed by atoms with Gasteiger partial charge in [-0.2, -0.15) is 0 Å². The predicted octanol–water partition coefficient (Wildman–Crippen LogP) is 3.23. The maximum absolute atomic E-state index is 14.0. The van der Waals surface area contributed by atoms with E-state index in [0.29, 0.717) is 5.56 Å². The van der Waals surface area contributed by atoms with Gasteiger partial charge in [-0.25, -0.2) is 4.39 Å². The van der Waals surface area contributed by atoms with Crippen LogP contribution in [0, 0.1) is 12.7 Å². The molecule has 94 valence electrons. The third kappa shape index (κ3) is 2.74. The summed E-state index contributed by atoms with van der Waals surface area (Å²) in [4.78, 5) is 4.32. The number of aromatic nitrogens is 1. The van der Waals surface area contributed by atoms with E-state index < -0.39 is 0 Å². The molecule has 0 amide bonds. The zero-order valence-corrected chi connectivity index (χ0v) is 10.7. The Labute approximate surface area is 107 Å². The third-order valence-electron chi connectivity index (χ3n) is 2.85. The predicted molar refractivity (Wildman–Crippen MR) is 70.9 cm³/mol. The van der Waals surface area contributed by atoms with Gasteiger partial charge in [-0.1, -0.05) is 30.7 Å². The zero-order chi connectivity index (χ0) is 13.0. The van der Waals surface area contributed by atoms with Crippen molar-refractivity contribution >= 4 is 0 Å². The molecular weight excluding hydrogens is 227 g/mol. The van der Waals surface area contributed by atoms with E-state index in [-0.39, 0.29) is 11.9 Å². The quantitative estimate of drug-likeness (QED) is 0.893. The number of hydrogen-bond donors (Lipinski definition) is 1. The minimum absolute atomic E-state index is 0.197. The van der Waals surface area contributed by atoms with Crippen LogP contribution in [0.1, 0.15) is 29.8 Å². The Morgan fingerprint density at radius 3 is 2.78 bits per heavy atom. The van der Waals surface area contributed by atoms with Gasteiger partial charge in [-0.3, -0.25) is 4.98 Å². The molecule has 0 aliphatic rings. The summed E-state index contributed by atoms with van der Waals surface area (Å²) in [5.41, 5.74) is 2.53. The van der Waals surface area contributed by atoms with Gasteiger partial charge in [0.25, 0.3) is 0 Å². The molecule has 3 heteroatoms. The number of aryl methyl sites for hydroxylation is 1. The van der Waals surface area contributed by atoms with Crippen molar-refractivity contribution < 1.29 is 4.39 Å². The minimum atomic E-state index is -0.198. The summed E-state index contributed by atoms with van der Waals surface area (Å²) in [6.45, 7) is 4.72. The molecule has 1 unspecified atom stereocenters. The molecule has 0 fully saturated rings. The first kappa shape index (κ1) is 12.7. The molecule has 0 aliphatic carbocycles. The topological polar surface area (TPSA) is 24.9 Å². The van der Waals surface area contributed by atoms with Crippen LogP contribution in [0.5, 0.6) is 0 Å². The molecule has 2 nitrogen and oxygen atoms in total. The minimum Gasteiger partial charge on any atom is -0.305 e. The second-order valence-electron chi connectivity index (χ2n) is 4.27. The second kappa shape index (κ2) is 5.74. The molecule has 1 N–H and O–H groups in total. The van der Waals surface area contributed by atoms with Crippen LogP contribution in [-0.2, 0) is 0 Å². The monoisotopic (exact) mass is 244 g/mol. The van der Waals surface area contributed by atoms with E-state index in [1.165, 1.54) is 6.07 Å². The zero-order valence-electron chi connectivity index (χ0n) is 10.7. The lowest BCUT2D eigenvalue weighted by atomic mass is 10.0. The summed E-state index contributed by atoms with van der Waals surface area (Å²) in [6.07, 6.45) is 1.73. The van der Waals surface area contributed by atoms with E-state index >= 15 is 0 Å². The van der Waals surface area contributed by atoms with Crippen LogP contribution in [-0.4, -0.2) is 11.5 Å². The van der Waals surface area contributed by atoms with Crippen molar-refractivity contribution in [3.8, 4) is 0 Å². The largest absolute Gasteiger partial charge is 0.305 e. The Morgan fingerprint density at radius 2 is 2.11 bits per heavy atom. The van der Waals surface area contributed by atoms with Gasteiger partial charge in [0.1, 0.15) is 5.82 Å². The maximum atomic E-state index is 14.0. The number of hydrogen-bond acceptors (Lipinski definition) is 2. The molecule has 1 aromatic heterocycles. The van der Waals surface area contributed by atoms with E-state index in [0.717, 1.165) is 17.8 Å². The first-order valence-corrected chi connectivity index (χ1v) is 6.12. The van der Waals surface area contributed by atoms with E-state index in [1.807, 2.05) is 38.1 Å². The molecule has 2 rings (SSSR count). The molecule has 2 aromatic rings. The fraction of sp³-hybridized carbons (Fsp3) is 0.267. The molecule has 0 saturated heterocycles. The van der Waals surface area contributed by atoms with Gasteiger partial charge >= 0.3 is 0 Å². The molecular formula is C15H17FN2. The average molecular weight is 244 g/mol. The van der Waals surface area contributed by atoms with Crippen LogP contribution >= 0.6 is 0 Å². The number of rotatable bonds is 4. The molecule has 1 atom stereocenters. The molecule has 1 heterocycles. The van der Waals surface area contributed by atoms with Gasteiger partial charge < -0.3 is 5.32 Å². The lowest BCUT2D eigenvalue weighted by Gasteiger charge is -2.19. The van der Waals surface area contributed by atoms with Crippen LogP contribution in [0.25, 0.3) is 0 Å². The average Bonchev–Trinajstić information content (AvgIpc) is 2.40. The lowest BCUT2D eigenvalue weighted by Crippen LogP contribution is -2.24. The first-order valence-electron chi connectivity index (χ1n) is 6.12. The number of nitrogens with zero attached hydrogens (tertiary/aromatic N) is 1. The summed E-state index contributed by atoms with van der Waals surface area (Å²) in [5.74, 6) is -0.197. The highest BCUT2D eigenvalue weighted by Gasteiger charge is 2.17. The van der Waals surface area contributed by atoms with Crippen molar-refractivity contribution in [2.45, 2.75) is 19.9 Å². The van der Waals surface area contributed by atoms with Gasteiger partial charge in [0.15, 0.2) is 0 Å². The summed E-state index contributed by atoms with van der Waals surface area (Å²) in [5, 5.41) is 3.28. The van der Waals surface area contributed by atoms with Crippen LogP contribution in [0.4, 0.5) is 4.39 Å². The molecule has 0 bridgehead atoms. The van der Waals surface area contributed by atoms with Crippen LogP contribution in [0.2, 0.25) is 0 Å². The smallest absolute Gasteiger partial charge is 0.128 e. The molecule has 0 radical (unpaired) electrons. The number of halogens is 1. The number of benzene rings is 1. The van der Waals surface area contributed by atoms with Crippen molar-refractivity contribution in [3.05, 3.63) is 65.2 Å². The summed E-state index contributed by atoms with van der Waals surface area (Å²) in [7, 11) is 0. The number of pyridine rings is 1. The molecule has 18 heavy (non-hydrogen) atoms. The maximum Gasteiger partial charge on any atom is 0.128 e. The highest BCUT2D eigenvalue weighted by Crippen LogP contribution is 2.23. The van der Waals surface area contributed by atoms with Crippen LogP contribution in [0.15, 0.2) is 42.6 Å². The van der Waals surface area contributed by atoms with Crippen molar-refractivity contribution in [2.75, 3.05) is 6.54 Å². The molecule has 0 aliphatic heterocycles. The van der Waals surface area contributed by atoms with Crippen molar-refractivity contribution in [3.63, 3.8) is 0 Å². The van der Waals surface area contributed by atoms with E-state index in [2.05, 4.69) is 10.3 Å². The normalized spacial score (nSPS) is 12.4. The molecule has 0 saturated carbocycles. The van der Waals surface area contributed by atoms with Gasteiger partial charge in [-0.05, 0) is 31.7 Å². The van der Waals surface area contributed by atoms with Gasteiger partial charge in [0, 0.05) is 11.8 Å². The fourth-order valence-corrected chi connectivity index (χ4v) is 2.01. The van der Waals surface area contributed by atoms with Crippen LogP contribution in [0.3, 0.4) is 0 Å². The summed E-state index contributed by atoms with van der Waals surface area (Å²) >= 11 is 0. The number of nitrogens with one attached hydrogen (secondary N) is 1. The Balaban J connectivity index is 2.44. The van der Waals surface area contributed by atoms with Crippen LogP contribution < -0.4 is 5.32 Å². The van der Waals surface area contributed by atoms with E-state index in [4.69, 9.17) is 0 Å². The Kier molecular flexibility index (Phi) is 4.05. The Hall–Kier alpha value is -1.74. The Bertz CT molecular complexity index is 511. The van der Waals surface area contributed by atoms with Crippen molar-refractivity contribution in [1.82, 2.24) is 10.3 Å². The Morgan fingerprint density at radius 1 is 1.28 bits per heavy atom. The third-order valence-corrected chi connectivity index (χ3v) is 2.85. The highest BCUT2D eigenvalue weighted by molar-refractivity contribution is 5.32. The van der Waals surface area contributed by atoms with E-state index in [9.17, 15) is 4.39 Å².